The molecule has 102 valence electrons. The van der Waals surface area contributed by atoms with Crippen molar-refractivity contribution in [3.63, 3.8) is 0 Å². The largest absolute Gasteiger partial charge is 0.296 e. The quantitative estimate of drug-likeness (QED) is 0.587. The van der Waals surface area contributed by atoms with Gasteiger partial charge in [-0.1, -0.05) is 48.8 Å². The third-order valence-electron chi connectivity index (χ3n) is 3.51. The molecule has 0 amide bonds. The molecule has 0 aromatic heterocycles. The Morgan fingerprint density at radius 3 is 2.00 bits per heavy atom. The molecule has 1 aromatic carbocycles. The fourth-order valence-electron chi connectivity index (χ4n) is 2.18. The second kappa shape index (κ2) is 6.21. The first-order chi connectivity index (χ1) is 8.25. The van der Waals surface area contributed by atoms with Crippen LogP contribution in [0.3, 0.4) is 0 Å². The zero-order valence-corrected chi connectivity index (χ0v) is 14.2. The number of hydrogen-bond donors (Lipinski definition) is 0. The van der Waals surface area contributed by atoms with Crippen LogP contribution in [0.2, 0.25) is 0 Å². The third-order valence-corrected chi connectivity index (χ3v) is 4.37. The summed E-state index contributed by atoms with van der Waals surface area (Å²) in [5.41, 5.74) is 6.99. The predicted molar refractivity (Wildman–Crippen MR) is 84.7 cm³/mol. The van der Waals surface area contributed by atoms with E-state index in [2.05, 4.69) is 74.6 Å². The Bertz CT molecular complexity index is 381. The van der Waals surface area contributed by atoms with Gasteiger partial charge in [0.1, 0.15) is 0 Å². The van der Waals surface area contributed by atoms with Crippen molar-refractivity contribution in [3.05, 3.63) is 34.4 Å². The van der Waals surface area contributed by atoms with Gasteiger partial charge in [0, 0.05) is 6.54 Å². The lowest BCUT2D eigenvalue weighted by Gasteiger charge is -2.23. The Morgan fingerprint density at radius 2 is 1.61 bits per heavy atom. The number of nitrogens with zero attached hydrogens (tertiary/aromatic N) is 1. The molecule has 0 radical (unpaired) electrons. The van der Waals surface area contributed by atoms with Crippen LogP contribution in [0.25, 0.3) is 0 Å². The lowest BCUT2D eigenvalue weighted by atomic mass is 9.83. The number of aryl methyl sites for hydroxylation is 2. The molecule has 0 aliphatic carbocycles. The summed E-state index contributed by atoms with van der Waals surface area (Å²) in [6.45, 7) is 12.4. The highest BCUT2D eigenvalue weighted by Gasteiger charge is 2.16. The van der Waals surface area contributed by atoms with E-state index in [0.717, 1.165) is 18.4 Å². The first-order valence-corrected chi connectivity index (χ1v) is 7.73. The SMILES string of the molecule is Cc1cc(C(C)(C)C)cc(C)c1CCN(C)CBr. The summed E-state index contributed by atoms with van der Waals surface area (Å²) in [7, 11) is 2.14. The lowest BCUT2D eigenvalue weighted by Crippen LogP contribution is -2.20. The minimum absolute atomic E-state index is 0.237. The minimum atomic E-state index is 0.237. The minimum Gasteiger partial charge on any atom is -0.296 e. The summed E-state index contributed by atoms with van der Waals surface area (Å²) in [4.78, 5) is 2.29. The molecule has 0 fully saturated rings. The molecular weight excluding hydrogens is 286 g/mol. The van der Waals surface area contributed by atoms with Crippen molar-refractivity contribution in [2.24, 2.45) is 0 Å². The van der Waals surface area contributed by atoms with Crippen LogP contribution in [-0.2, 0) is 11.8 Å². The standard InChI is InChI=1S/C16H26BrN/c1-12-9-14(16(3,4)5)10-13(2)15(12)7-8-18(6)11-17/h9-10H,7-8,11H2,1-6H3. The Labute approximate surface area is 121 Å². The molecule has 1 aromatic rings. The van der Waals surface area contributed by atoms with Crippen LogP contribution < -0.4 is 0 Å². The van der Waals surface area contributed by atoms with Crippen molar-refractivity contribution in [1.82, 2.24) is 4.90 Å². The van der Waals surface area contributed by atoms with E-state index in [0.29, 0.717) is 0 Å². The molecule has 1 nitrogen and oxygen atoms in total. The van der Waals surface area contributed by atoms with Crippen molar-refractivity contribution >= 4 is 15.9 Å². The Hall–Kier alpha value is -0.340. The molecule has 0 saturated heterocycles. The normalized spacial score (nSPS) is 12.2. The fourth-order valence-corrected chi connectivity index (χ4v) is 2.43. The molecular formula is C16H26BrN. The molecule has 0 heterocycles. The molecule has 0 spiro atoms. The maximum atomic E-state index is 3.49. The van der Waals surface area contributed by atoms with Crippen molar-refractivity contribution in [3.8, 4) is 0 Å². The molecule has 0 N–H and O–H groups in total. The fraction of sp³-hybridized carbons (Fsp3) is 0.625. The van der Waals surface area contributed by atoms with Gasteiger partial charge in [0.25, 0.3) is 0 Å². The monoisotopic (exact) mass is 311 g/mol. The van der Waals surface area contributed by atoms with E-state index in [1.54, 1.807) is 0 Å². The molecule has 0 aliphatic heterocycles. The van der Waals surface area contributed by atoms with Gasteiger partial charge in [-0.05, 0) is 55.0 Å². The topological polar surface area (TPSA) is 3.24 Å². The highest BCUT2D eigenvalue weighted by molar-refractivity contribution is 9.09. The summed E-state index contributed by atoms with van der Waals surface area (Å²) in [6.07, 6.45) is 1.13. The molecule has 0 unspecified atom stereocenters. The summed E-state index contributed by atoms with van der Waals surface area (Å²) in [6, 6.07) is 4.72. The van der Waals surface area contributed by atoms with Crippen LogP contribution in [0.5, 0.6) is 0 Å². The number of likely N-dealkylation sites (N-methyl/N-ethyl adjacent to an activating group) is 1. The zero-order valence-electron chi connectivity index (χ0n) is 12.6. The first-order valence-electron chi connectivity index (χ1n) is 6.61. The second-order valence-electron chi connectivity index (χ2n) is 6.29. The Balaban J connectivity index is 2.95. The van der Waals surface area contributed by atoms with Gasteiger partial charge in [0.15, 0.2) is 0 Å². The smallest absolute Gasteiger partial charge is 0.0539 e. The van der Waals surface area contributed by atoms with Gasteiger partial charge in [0.2, 0.25) is 0 Å². The first kappa shape index (κ1) is 15.7. The molecule has 1 rings (SSSR count). The lowest BCUT2D eigenvalue weighted by molar-refractivity contribution is 0.401. The van der Waals surface area contributed by atoms with Crippen molar-refractivity contribution < 1.29 is 0 Å². The molecule has 18 heavy (non-hydrogen) atoms. The summed E-state index contributed by atoms with van der Waals surface area (Å²) >= 11 is 3.49. The van der Waals surface area contributed by atoms with Crippen molar-refractivity contribution in [2.75, 3.05) is 19.0 Å². The number of hydrogen-bond acceptors (Lipinski definition) is 1. The molecule has 0 aliphatic rings. The van der Waals surface area contributed by atoms with Gasteiger partial charge in [-0.25, -0.2) is 0 Å². The number of halogens is 1. The zero-order chi connectivity index (χ0) is 13.9. The van der Waals surface area contributed by atoms with Crippen LogP contribution in [-0.4, -0.2) is 23.9 Å². The van der Waals surface area contributed by atoms with Gasteiger partial charge in [-0.2, -0.15) is 0 Å². The van der Waals surface area contributed by atoms with Gasteiger partial charge < -0.3 is 0 Å². The van der Waals surface area contributed by atoms with Crippen LogP contribution in [0.1, 0.15) is 43.0 Å². The van der Waals surface area contributed by atoms with Gasteiger partial charge in [0.05, 0.1) is 5.45 Å². The maximum absolute atomic E-state index is 3.49. The average molecular weight is 312 g/mol. The van der Waals surface area contributed by atoms with Gasteiger partial charge >= 0.3 is 0 Å². The summed E-state index contributed by atoms with van der Waals surface area (Å²) in [5.74, 6) is 0. The molecule has 0 atom stereocenters. The third kappa shape index (κ3) is 4.10. The van der Waals surface area contributed by atoms with Crippen LogP contribution in [0.4, 0.5) is 0 Å². The summed E-state index contributed by atoms with van der Waals surface area (Å²) in [5, 5.41) is 0. The average Bonchev–Trinajstić information content (AvgIpc) is 2.26. The molecule has 0 bridgehead atoms. The van der Waals surface area contributed by atoms with E-state index < -0.39 is 0 Å². The van der Waals surface area contributed by atoms with Gasteiger partial charge in [-0.15, -0.1) is 0 Å². The second-order valence-corrected chi connectivity index (χ2v) is 6.79. The number of alkyl halides is 1. The summed E-state index contributed by atoms with van der Waals surface area (Å²) < 4.78 is 0. The van der Waals surface area contributed by atoms with Crippen molar-refractivity contribution in [1.29, 1.82) is 0 Å². The highest BCUT2D eigenvalue weighted by atomic mass is 79.9. The van der Waals surface area contributed by atoms with E-state index in [4.69, 9.17) is 0 Å². The number of rotatable bonds is 4. The van der Waals surface area contributed by atoms with Crippen molar-refractivity contribution in [2.45, 2.75) is 46.5 Å². The Morgan fingerprint density at radius 1 is 1.11 bits per heavy atom. The van der Waals surface area contributed by atoms with E-state index >= 15 is 0 Å². The van der Waals surface area contributed by atoms with Crippen LogP contribution in [0, 0.1) is 13.8 Å². The molecule has 2 heteroatoms. The molecule has 0 saturated carbocycles. The highest BCUT2D eigenvalue weighted by Crippen LogP contribution is 2.27. The van der Waals surface area contributed by atoms with E-state index in [1.807, 2.05) is 0 Å². The predicted octanol–water partition coefficient (Wildman–Crippen LogP) is 4.43. The van der Waals surface area contributed by atoms with Gasteiger partial charge in [-0.3, -0.25) is 4.90 Å². The van der Waals surface area contributed by atoms with Crippen LogP contribution >= 0.6 is 15.9 Å². The Kier molecular flexibility index (Phi) is 5.42. The number of benzene rings is 1. The van der Waals surface area contributed by atoms with E-state index in [-0.39, 0.29) is 5.41 Å². The van der Waals surface area contributed by atoms with E-state index in [1.165, 1.54) is 22.3 Å². The van der Waals surface area contributed by atoms with E-state index in [9.17, 15) is 0 Å². The maximum Gasteiger partial charge on any atom is 0.0539 e. The van der Waals surface area contributed by atoms with Crippen LogP contribution in [0.15, 0.2) is 12.1 Å².